The van der Waals surface area contributed by atoms with Gasteiger partial charge in [-0.15, -0.1) is 34.0 Å². The Bertz CT molecular complexity index is 678. The lowest BCUT2D eigenvalue weighted by atomic mass is 9.76. The predicted octanol–water partition coefficient (Wildman–Crippen LogP) is 4.94. The number of halogens is 2. The monoisotopic (exact) mass is 470 g/mol. The third-order valence-electron chi connectivity index (χ3n) is 4.97. The van der Waals surface area contributed by atoms with Crippen molar-refractivity contribution in [3.63, 3.8) is 0 Å². The first-order valence-corrected chi connectivity index (χ1v) is 8.49. The van der Waals surface area contributed by atoms with Gasteiger partial charge in [-0.2, -0.15) is 0 Å². The number of phenolic OH excluding ortho intramolecular Hbond substituents is 1. The van der Waals surface area contributed by atoms with Gasteiger partial charge < -0.3 is 16.2 Å². The van der Waals surface area contributed by atoms with E-state index in [1.165, 1.54) is 29.5 Å². The summed E-state index contributed by atoms with van der Waals surface area (Å²) in [5.74, 6) is 1.39. The van der Waals surface area contributed by atoms with Crippen molar-refractivity contribution >= 4 is 39.7 Å². The first kappa shape index (κ1) is 22.0. The molecule has 3 rings (SSSR count). The number of aromatic hydroxyl groups is 1. The standard InChI is InChI=1S/C20H26N2O.2BrH/c1-22-13-17(14-4-3-7-18(21)11-14)10-15-5-2-6-16-12-19(23)8-9-20(15)16;;/h3-4,7-9,11-12,15,17,22-23H,2,5-6,10,13,21H2,1H3;2*1H. The van der Waals surface area contributed by atoms with Crippen molar-refractivity contribution in [3.05, 3.63) is 59.2 Å². The smallest absolute Gasteiger partial charge is 0.115 e. The van der Waals surface area contributed by atoms with E-state index < -0.39 is 0 Å². The Morgan fingerprint density at radius 3 is 2.72 bits per heavy atom. The molecule has 0 spiro atoms. The minimum absolute atomic E-state index is 0. The second-order valence-electron chi connectivity index (χ2n) is 6.63. The number of fused-ring (bicyclic) bond motifs is 1. The van der Waals surface area contributed by atoms with Gasteiger partial charge in [0.1, 0.15) is 5.75 Å². The molecule has 0 saturated carbocycles. The van der Waals surface area contributed by atoms with Crippen molar-refractivity contribution in [3.8, 4) is 5.75 Å². The summed E-state index contributed by atoms with van der Waals surface area (Å²) in [7, 11) is 2.01. The Labute approximate surface area is 171 Å². The number of hydrogen-bond acceptors (Lipinski definition) is 3. The minimum atomic E-state index is 0. The average molecular weight is 472 g/mol. The zero-order valence-corrected chi connectivity index (χ0v) is 18.0. The fraction of sp³-hybridized carbons (Fsp3) is 0.400. The molecule has 1 aliphatic carbocycles. The molecular weight excluding hydrogens is 444 g/mol. The number of benzene rings is 2. The number of nitrogen functional groups attached to an aromatic ring is 1. The maximum atomic E-state index is 9.73. The molecule has 138 valence electrons. The lowest BCUT2D eigenvalue weighted by Crippen LogP contribution is -2.21. The summed E-state index contributed by atoms with van der Waals surface area (Å²) in [5.41, 5.74) is 10.8. The molecule has 25 heavy (non-hydrogen) atoms. The largest absolute Gasteiger partial charge is 0.508 e. The van der Waals surface area contributed by atoms with Gasteiger partial charge in [0, 0.05) is 12.2 Å². The van der Waals surface area contributed by atoms with E-state index in [1.54, 1.807) is 0 Å². The molecule has 1 aliphatic rings. The van der Waals surface area contributed by atoms with Crippen LogP contribution in [0.25, 0.3) is 0 Å². The van der Waals surface area contributed by atoms with Crippen LogP contribution in [0.2, 0.25) is 0 Å². The van der Waals surface area contributed by atoms with E-state index in [9.17, 15) is 5.11 Å². The van der Waals surface area contributed by atoms with Crippen LogP contribution in [0.1, 0.15) is 47.8 Å². The number of nitrogens with two attached hydrogens (primary N) is 1. The maximum absolute atomic E-state index is 9.73. The van der Waals surface area contributed by atoms with Gasteiger partial charge in [0.05, 0.1) is 0 Å². The Balaban J connectivity index is 0.00000156. The number of likely N-dealkylation sites (N-methyl/N-ethyl adjacent to an activating group) is 1. The average Bonchev–Trinajstić information content (AvgIpc) is 2.54. The summed E-state index contributed by atoms with van der Waals surface area (Å²) in [6, 6.07) is 14.1. The van der Waals surface area contributed by atoms with Gasteiger partial charge in [-0.05, 0) is 85.5 Å². The Morgan fingerprint density at radius 2 is 2.00 bits per heavy atom. The molecule has 2 aromatic rings. The fourth-order valence-corrected chi connectivity index (χ4v) is 3.89. The van der Waals surface area contributed by atoms with Crippen LogP contribution in [0.15, 0.2) is 42.5 Å². The van der Waals surface area contributed by atoms with E-state index in [4.69, 9.17) is 5.73 Å². The molecule has 2 aromatic carbocycles. The molecular formula is C20H28Br2N2O. The molecule has 5 heteroatoms. The summed E-state index contributed by atoms with van der Waals surface area (Å²) in [5, 5.41) is 13.1. The molecule has 0 aromatic heterocycles. The third kappa shape index (κ3) is 5.47. The summed E-state index contributed by atoms with van der Waals surface area (Å²) in [6.45, 7) is 0.952. The number of hydrogen-bond donors (Lipinski definition) is 3. The van der Waals surface area contributed by atoms with Crippen molar-refractivity contribution in [1.29, 1.82) is 0 Å². The number of aryl methyl sites for hydroxylation is 1. The van der Waals surface area contributed by atoms with Crippen molar-refractivity contribution in [2.75, 3.05) is 19.3 Å². The van der Waals surface area contributed by atoms with Crippen LogP contribution >= 0.6 is 34.0 Å². The van der Waals surface area contributed by atoms with Gasteiger partial charge in [0.25, 0.3) is 0 Å². The quantitative estimate of drug-likeness (QED) is 0.541. The third-order valence-corrected chi connectivity index (χ3v) is 4.97. The molecule has 0 aliphatic heterocycles. The first-order chi connectivity index (χ1) is 11.2. The van der Waals surface area contributed by atoms with E-state index in [2.05, 4.69) is 23.5 Å². The van der Waals surface area contributed by atoms with Gasteiger partial charge >= 0.3 is 0 Å². The van der Waals surface area contributed by atoms with Crippen LogP contribution < -0.4 is 11.1 Å². The minimum Gasteiger partial charge on any atom is -0.508 e. The van der Waals surface area contributed by atoms with Crippen molar-refractivity contribution in [1.82, 2.24) is 5.32 Å². The van der Waals surface area contributed by atoms with Gasteiger partial charge in [0.2, 0.25) is 0 Å². The second-order valence-corrected chi connectivity index (χ2v) is 6.63. The topological polar surface area (TPSA) is 58.3 Å². The van der Waals surface area contributed by atoms with Gasteiger partial charge in [0.15, 0.2) is 0 Å². The van der Waals surface area contributed by atoms with Crippen LogP contribution in [0.4, 0.5) is 5.69 Å². The lowest BCUT2D eigenvalue weighted by molar-refractivity contribution is 0.452. The molecule has 0 saturated heterocycles. The number of rotatable bonds is 5. The zero-order valence-electron chi connectivity index (χ0n) is 14.6. The summed E-state index contributed by atoms with van der Waals surface area (Å²) in [6.07, 6.45) is 4.61. The van der Waals surface area contributed by atoms with E-state index in [0.29, 0.717) is 17.6 Å². The Kier molecular flexibility index (Phi) is 8.97. The van der Waals surface area contributed by atoms with Crippen LogP contribution in [0.3, 0.4) is 0 Å². The van der Waals surface area contributed by atoms with E-state index in [-0.39, 0.29) is 34.0 Å². The zero-order chi connectivity index (χ0) is 16.2. The maximum Gasteiger partial charge on any atom is 0.115 e. The molecule has 0 fully saturated rings. The number of phenols is 1. The molecule has 2 atom stereocenters. The summed E-state index contributed by atoms with van der Waals surface area (Å²) in [4.78, 5) is 0. The van der Waals surface area contributed by atoms with E-state index >= 15 is 0 Å². The highest BCUT2D eigenvalue weighted by molar-refractivity contribution is 8.93. The predicted molar refractivity (Wildman–Crippen MR) is 117 cm³/mol. The van der Waals surface area contributed by atoms with Crippen molar-refractivity contribution < 1.29 is 5.11 Å². The van der Waals surface area contributed by atoms with Crippen LogP contribution in [0, 0.1) is 0 Å². The van der Waals surface area contributed by atoms with Gasteiger partial charge in [-0.3, -0.25) is 0 Å². The highest BCUT2D eigenvalue weighted by Crippen LogP contribution is 2.39. The highest BCUT2D eigenvalue weighted by atomic mass is 79.9. The van der Waals surface area contributed by atoms with Crippen LogP contribution in [-0.4, -0.2) is 18.7 Å². The molecule has 0 amide bonds. The Morgan fingerprint density at radius 1 is 1.20 bits per heavy atom. The normalized spacial score (nSPS) is 16.9. The van der Waals surface area contributed by atoms with Crippen LogP contribution in [0.5, 0.6) is 5.75 Å². The molecule has 2 unspecified atom stereocenters. The van der Waals surface area contributed by atoms with Gasteiger partial charge in [-0.25, -0.2) is 0 Å². The van der Waals surface area contributed by atoms with E-state index in [0.717, 1.165) is 25.1 Å². The molecule has 4 N–H and O–H groups in total. The van der Waals surface area contributed by atoms with E-state index in [1.807, 2.05) is 31.3 Å². The number of anilines is 1. The lowest BCUT2D eigenvalue weighted by Gasteiger charge is -2.29. The fourth-order valence-electron chi connectivity index (χ4n) is 3.89. The van der Waals surface area contributed by atoms with Gasteiger partial charge in [-0.1, -0.05) is 18.2 Å². The Hall–Kier alpha value is -1.04. The molecule has 0 radical (unpaired) electrons. The molecule has 0 bridgehead atoms. The SMILES string of the molecule is Br.Br.CNCC(CC1CCCc2cc(O)ccc21)c1cccc(N)c1. The summed E-state index contributed by atoms with van der Waals surface area (Å²) < 4.78 is 0. The summed E-state index contributed by atoms with van der Waals surface area (Å²) >= 11 is 0. The van der Waals surface area contributed by atoms with Crippen molar-refractivity contribution in [2.45, 2.75) is 37.5 Å². The molecule has 0 heterocycles. The first-order valence-electron chi connectivity index (χ1n) is 8.49. The second kappa shape index (κ2) is 10.2. The van der Waals surface area contributed by atoms with Crippen LogP contribution in [-0.2, 0) is 6.42 Å². The highest BCUT2D eigenvalue weighted by Gasteiger charge is 2.24. The molecule has 3 nitrogen and oxygen atoms in total. The number of nitrogens with one attached hydrogen (secondary N) is 1. The van der Waals surface area contributed by atoms with Crippen molar-refractivity contribution in [2.24, 2.45) is 0 Å².